The maximum absolute atomic E-state index is 12.6. The molecule has 0 rings (SSSR count). The first kappa shape index (κ1) is 24.8. The van der Waals surface area contributed by atoms with Crippen LogP contribution in [0, 0.1) is 11.8 Å². The molecule has 3 amide bonds. The average molecular weight is 388 g/mol. The number of hydrogen-bond acceptors (Lipinski definition) is 6. The zero-order chi connectivity index (χ0) is 21.5. The van der Waals surface area contributed by atoms with E-state index in [0.29, 0.717) is 0 Å². The van der Waals surface area contributed by atoms with Crippen molar-refractivity contribution >= 4 is 23.7 Å². The van der Waals surface area contributed by atoms with Crippen molar-refractivity contribution in [1.29, 1.82) is 0 Å². The fourth-order valence-corrected chi connectivity index (χ4v) is 2.23. The molecular weight excluding hydrogens is 356 g/mol. The maximum atomic E-state index is 12.6. The van der Waals surface area contributed by atoms with Crippen molar-refractivity contribution in [1.82, 2.24) is 16.0 Å². The van der Waals surface area contributed by atoms with Crippen LogP contribution < -0.4 is 21.7 Å². The summed E-state index contributed by atoms with van der Waals surface area (Å²) in [6.07, 6.45) is -1.32. The molecule has 10 heteroatoms. The Morgan fingerprint density at radius 2 is 1.04 bits per heavy atom. The first-order valence-corrected chi connectivity index (χ1v) is 8.87. The van der Waals surface area contributed by atoms with E-state index in [1.165, 1.54) is 13.8 Å². The van der Waals surface area contributed by atoms with Gasteiger partial charge in [-0.15, -0.1) is 0 Å². The van der Waals surface area contributed by atoms with Crippen molar-refractivity contribution in [2.24, 2.45) is 17.6 Å². The minimum atomic E-state index is -1.51. The number of carboxylic acid groups (broad SMARTS) is 1. The van der Waals surface area contributed by atoms with Crippen molar-refractivity contribution in [2.45, 2.75) is 71.8 Å². The smallest absolute Gasteiger partial charge is 0.328 e. The summed E-state index contributed by atoms with van der Waals surface area (Å²) in [6.45, 7) is 9.52. The minimum absolute atomic E-state index is 0.271. The average Bonchev–Trinajstić information content (AvgIpc) is 2.52. The first-order chi connectivity index (χ1) is 12.3. The molecular formula is C17H32N4O6. The molecule has 7 N–H and O–H groups in total. The van der Waals surface area contributed by atoms with Crippen molar-refractivity contribution in [2.75, 3.05) is 0 Å². The van der Waals surface area contributed by atoms with Crippen LogP contribution in [-0.4, -0.2) is 64.2 Å². The summed E-state index contributed by atoms with van der Waals surface area (Å²) in [7, 11) is 0. The van der Waals surface area contributed by atoms with Gasteiger partial charge in [-0.3, -0.25) is 14.4 Å². The van der Waals surface area contributed by atoms with Crippen LogP contribution in [0.5, 0.6) is 0 Å². The van der Waals surface area contributed by atoms with E-state index in [1.807, 2.05) is 0 Å². The van der Waals surface area contributed by atoms with Crippen LogP contribution in [0.2, 0.25) is 0 Å². The maximum Gasteiger partial charge on any atom is 0.328 e. The lowest BCUT2D eigenvalue weighted by Gasteiger charge is -2.28. The zero-order valence-electron chi connectivity index (χ0n) is 16.6. The molecule has 0 saturated heterocycles. The zero-order valence-corrected chi connectivity index (χ0v) is 16.6. The van der Waals surface area contributed by atoms with Crippen molar-refractivity contribution in [3.8, 4) is 0 Å². The van der Waals surface area contributed by atoms with Crippen LogP contribution in [0.3, 0.4) is 0 Å². The third-order valence-electron chi connectivity index (χ3n) is 3.95. The third-order valence-corrected chi connectivity index (χ3v) is 3.95. The van der Waals surface area contributed by atoms with E-state index in [9.17, 15) is 24.3 Å². The number of rotatable bonds is 10. The lowest BCUT2D eigenvalue weighted by atomic mass is 9.99. The van der Waals surface area contributed by atoms with Gasteiger partial charge in [0.05, 0.1) is 12.1 Å². The number of amides is 3. The number of hydrogen-bond donors (Lipinski definition) is 6. The van der Waals surface area contributed by atoms with E-state index < -0.39 is 54.0 Å². The van der Waals surface area contributed by atoms with Gasteiger partial charge in [-0.25, -0.2) is 4.79 Å². The van der Waals surface area contributed by atoms with Gasteiger partial charge in [-0.1, -0.05) is 27.7 Å². The van der Waals surface area contributed by atoms with Gasteiger partial charge in [0.2, 0.25) is 17.7 Å². The molecule has 0 aromatic rings. The standard InChI is InChI=1S/C17H32N4O6/c1-7(2)11(19-14(23)9(5)18)15(24)20-12(8(3)4)16(25)21-13(10(6)22)17(26)27/h7-13,22H,18H2,1-6H3,(H,19,23)(H,20,24)(H,21,25)(H,26,27). The Balaban J connectivity index is 5.30. The summed E-state index contributed by atoms with van der Waals surface area (Å²) in [6, 6.07) is -4.27. The summed E-state index contributed by atoms with van der Waals surface area (Å²) in [5, 5.41) is 25.9. The number of nitrogens with one attached hydrogen (secondary N) is 3. The normalized spacial score (nSPS) is 16.8. The molecule has 0 aliphatic heterocycles. The van der Waals surface area contributed by atoms with Crippen LogP contribution >= 0.6 is 0 Å². The first-order valence-electron chi connectivity index (χ1n) is 8.87. The number of carbonyl (C=O) groups excluding carboxylic acids is 3. The van der Waals surface area contributed by atoms with Gasteiger partial charge in [0.25, 0.3) is 0 Å². The van der Waals surface area contributed by atoms with E-state index in [1.54, 1.807) is 27.7 Å². The third kappa shape index (κ3) is 7.92. The molecule has 156 valence electrons. The molecule has 10 nitrogen and oxygen atoms in total. The molecule has 0 aliphatic rings. The molecule has 0 aliphatic carbocycles. The molecule has 5 atom stereocenters. The molecule has 0 aromatic heterocycles. The van der Waals surface area contributed by atoms with Crippen LogP contribution in [0.15, 0.2) is 0 Å². The van der Waals surface area contributed by atoms with Gasteiger partial charge in [0.15, 0.2) is 6.04 Å². The summed E-state index contributed by atoms with van der Waals surface area (Å²) in [5.41, 5.74) is 5.51. The summed E-state index contributed by atoms with van der Waals surface area (Å²) in [4.78, 5) is 48.0. The number of aliphatic hydroxyl groups is 1. The Labute approximate surface area is 159 Å². The Kier molecular flexibility index (Phi) is 9.95. The largest absolute Gasteiger partial charge is 0.480 e. The number of carbonyl (C=O) groups is 4. The Morgan fingerprint density at radius 3 is 1.30 bits per heavy atom. The van der Waals surface area contributed by atoms with Crippen LogP contribution in [0.1, 0.15) is 41.5 Å². The SMILES string of the molecule is CC(N)C(=O)NC(C(=O)NC(C(=O)NC(C(=O)O)C(C)O)C(C)C)C(C)C. The van der Waals surface area contributed by atoms with Gasteiger partial charge < -0.3 is 31.9 Å². The topological polar surface area (TPSA) is 171 Å². The number of aliphatic hydroxyl groups excluding tert-OH is 1. The number of carboxylic acids is 1. The molecule has 0 radical (unpaired) electrons. The predicted molar refractivity (Wildman–Crippen MR) is 98.4 cm³/mol. The molecule has 0 fully saturated rings. The number of nitrogens with two attached hydrogens (primary N) is 1. The predicted octanol–water partition coefficient (Wildman–Crippen LogP) is -1.43. The van der Waals surface area contributed by atoms with E-state index in [-0.39, 0.29) is 11.8 Å². The van der Waals surface area contributed by atoms with Crippen molar-refractivity contribution in [3.63, 3.8) is 0 Å². The van der Waals surface area contributed by atoms with E-state index in [0.717, 1.165) is 0 Å². The van der Waals surface area contributed by atoms with Gasteiger partial charge in [-0.05, 0) is 25.7 Å². The highest BCUT2D eigenvalue weighted by molar-refractivity contribution is 5.94. The van der Waals surface area contributed by atoms with E-state index in [4.69, 9.17) is 10.8 Å². The highest BCUT2D eigenvalue weighted by atomic mass is 16.4. The van der Waals surface area contributed by atoms with E-state index in [2.05, 4.69) is 16.0 Å². The van der Waals surface area contributed by atoms with Crippen LogP contribution in [0.4, 0.5) is 0 Å². The lowest BCUT2D eigenvalue weighted by Crippen LogP contribution is -2.60. The van der Waals surface area contributed by atoms with Gasteiger partial charge in [-0.2, -0.15) is 0 Å². The molecule has 5 unspecified atom stereocenters. The van der Waals surface area contributed by atoms with Crippen molar-refractivity contribution < 1.29 is 29.4 Å². The highest BCUT2D eigenvalue weighted by Gasteiger charge is 2.33. The summed E-state index contributed by atoms with van der Waals surface area (Å²) in [5.74, 6) is -3.86. The fraction of sp³-hybridized carbons (Fsp3) is 0.765. The Bertz CT molecular complexity index is 548. The second-order valence-corrected chi connectivity index (χ2v) is 7.31. The molecule has 0 spiro atoms. The fourth-order valence-electron chi connectivity index (χ4n) is 2.23. The molecule has 27 heavy (non-hydrogen) atoms. The van der Waals surface area contributed by atoms with Gasteiger partial charge in [0, 0.05) is 0 Å². The van der Waals surface area contributed by atoms with Gasteiger partial charge >= 0.3 is 5.97 Å². The highest BCUT2D eigenvalue weighted by Crippen LogP contribution is 2.08. The second-order valence-electron chi connectivity index (χ2n) is 7.31. The molecule has 0 bridgehead atoms. The lowest BCUT2D eigenvalue weighted by molar-refractivity contribution is -0.145. The molecule has 0 aromatic carbocycles. The van der Waals surface area contributed by atoms with Gasteiger partial charge in [0.1, 0.15) is 12.1 Å². The Morgan fingerprint density at radius 1 is 0.704 bits per heavy atom. The summed E-state index contributed by atoms with van der Waals surface area (Å²) < 4.78 is 0. The van der Waals surface area contributed by atoms with E-state index >= 15 is 0 Å². The number of aliphatic carboxylic acids is 1. The quantitative estimate of drug-likeness (QED) is 0.266. The van der Waals surface area contributed by atoms with Crippen molar-refractivity contribution in [3.05, 3.63) is 0 Å². The monoisotopic (exact) mass is 388 g/mol. The molecule has 0 heterocycles. The Hall–Kier alpha value is -2.20. The summed E-state index contributed by atoms with van der Waals surface area (Å²) >= 11 is 0. The van der Waals surface area contributed by atoms with Crippen LogP contribution in [-0.2, 0) is 19.2 Å². The molecule has 0 saturated carbocycles. The minimum Gasteiger partial charge on any atom is -0.480 e. The second kappa shape index (κ2) is 10.8. The van der Waals surface area contributed by atoms with Crippen LogP contribution in [0.25, 0.3) is 0 Å².